The predicted octanol–water partition coefficient (Wildman–Crippen LogP) is 6.88. The first kappa shape index (κ1) is 20.6. The molecule has 5 rings (SSSR count). The highest BCUT2D eigenvalue weighted by atomic mass is 35.5. The van der Waals surface area contributed by atoms with Gasteiger partial charge in [0.1, 0.15) is 0 Å². The highest BCUT2D eigenvalue weighted by Gasteiger charge is 2.41. The molecule has 4 aromatic rings. The van der Waals surface area contributed by atoms with E-state index in [1.54, 1.807) is 12.1 Å². The summed E-state index contributed by atoms with van der Waals surface area (Å²) >= 11 is 7.32. The third-order valence-corrected chi connectivity index (χ3v) is 6.77. The van der Waals surface area contributed by atoms with E-state index in [-0.39, 0.29) is 11.8 Å². The Morgan fingerprint density at radius 3 is 2.19 bits per heavy atom. The summed E-state index contributed by atoms with van der Waals surface area (Å²) in [6, 6.07) is 28.4. The average Bonchev–Trinajstić information content (AvgIpc) is 3.05. The number of rotatable bonds is 4. The quantitative estimate of drug-likeness (QED) is 0.315. The van der Waals surface area contributed by atoms with E-state index >= 15 is 0 Å². The van der Waals surface area contributed by atoms with Crippen LogP contribution in [0.15, 0.2) is 101 Å². The summed E-state index contributed by atoms with van der Waals surface area (Å²) in [6.45, 7) is 1.99. The molecule has 0 unspecified atom stereocenters. The number of nitrogens with zero attached hydrogens (tertiary/aromatic N) is 1. The lowest BCUT2D eigenvalue weighted by molar-refractivity contribution is -0.119. The lowest BCUT2D eigenvalue weighted by atomic mass is 10.0. The maximum atomic E-state index is 13.7. The molecule has 32 heavy (non-hydrogen) atoms. The molecule has 1 aliphatic rings. The van der Waals surface area contributed by atoms with E-state index in [4.69, 9.17) is 11.6 Å². The molecule has 0 spiro atoms. The summed E-state index contributed by atoms with van der Waals surface area (Å²) < 4.78 is 0. The Morgan fingerprint density at radius 1 is 0.750 bits per heavy atom. The van der Waals surface area contributed by atoms with Gasteiger partial charge in [-0.05, 0) is 48.2 Å². The second-order valence-corrected chi connectivity index (χ2v) is 9.09. The summed E-state index contributed by atoms with van der Waals surface area (Å²) in [5.74, 6) is -0.631. The van der Waals surface area contributed by atoms with E-state index in [1.807, 2.05) is 85.8 Å². The van der Waals surface area contributed by atoms with Gasteiger partial charge in [-0.3, -0.25) is 9.59 Å². The second kappa shape index (κ2) is 8.30. The summed E-state index contributed by atoms with van der Waals surface area (Å²) in [5.41, 5.74) is 2.83. The first-order chi connectivity index (χ1) is 15.5. The molecule has 0 aliphatic carbocycles. The number of anilines is 1. The number of imide groups is 1. The normalized spacial score (nSPS) is 14.0. The number of benzene rings is 4. The van der Waals surface area contributed by atoms with E-state index in [0.717, 1.165) is 26.8 Å². The van der Waals surface area contributed by atoms with Crippen LogP contribution in [0, 0.1) is 6.92 Å². The minimum Gasteiger partial charge on any atom is -0.268 e. The average molecular weight is 456 g/mol. The summed E-state index contributed by atoms with van der Waals surface area (Å²) in [5, 5.41) is 2.45. The van der Waals surface area contributed by atoms with Crippen molar-refractivity contribution >= 4 is 57.2 Å². The third kappa shape index (κ3) is 3.62. The minimum absolute atomic E-state index is 0.313. The smallest absolute Gasteiger partial charge is 0.268 e. The van der Waals surface area contributed by atoms with Gasteiger partial charge < -0.3 is 0 Å². The van der Waals surface area contributed by atoms with E-state index in [9.17, 15) is 9.59 Å². The number of hydrogen-bond donors (Lipinski definition) is 0. The molecule has 3 nitrogen and oxygen atoms in total. The molecule has 0 bridgehead atoms. The Bertz CT molecular complexity index is 1390. The minimum atomic E-state index is -0.318. The molecule has 0 atom stereocenters. The number of halogens is 1. The molecule has 0 N–H and O–H groups in total. The monoisotopic (exact) mass is 455 g/mol. The van der Waals surface area contributed by atoms with Gasteiger partial charge in [0.25, 0.3) is 11.8 Å². The van der Waals surface area contributed by atoms with Crippen LogP contribution in [0.2, 0.25) is 5.02 Å². The molecule has 2 amide bonds. The van der Waals surface area contributed by atoms with Crippen LogP contribution in [0.25, 0.3) is 16.3 Å². The van der Waals surface area contributed by atoms with Crippen LogP contribution < -0.4 is 4.90 Å². The van der Waals surface area contributed by atoms with Gasteiger partial charge in [0.15, 0.2) is 0 Å². The SMILES string of the molecule is Cc1ccc(C2=C(Sc3ccc(Cl)cc3)C(=O)N(c3cccc4ccccc34)C2=O)cc1. The molecular weight excluding hydrogens is 438 g/mol. The van der Waals surface area contributed by atoms with Gasteiger partial charge in [0.05, 0.1) is 16.2 Å². The number of carbonyl (C=O) groups excluding carboxylic acids is 2. The van der Waals surface area contributed by atoms with Crippen LogP contribution in [0.5, 0.6) is 0 Å². The van der Waals surface area contributed by atoms with Crippen LogP contribution >= 0.6 is 23.4 Å². The largest absolute Gasteiger partial charge is 0.272 e. The van der Waals surface area contributed by atoms with Gasteiger partial charge in [-0.25, -0.2) is 4.90 Å². The number of fused-ring (bicyclic) bond motifs is 1. The van der Waals surface area contributed by atoms with Crippen molar-refractivity contribution in [3.05, 3.63) is 112 Å². The van der Waals surface area contributed by atoms with Crippen molar-refractivity contribution in [2.45, 2.75) is 11.8 Å². The number of carbonyl (C=O) groups is 2. The van der Waals surface area contributed by atoms with Gasteiger partial charge in [-0.1, -0.05) is 89.6 Å². The fourth-order valence-electron chi connectivity index (χ4n) is 3.82. The standard InChI is InChI=1S/C27H18ClNO2S/c1-17-9-11-19(12-10-17)24-25(32-21-15-13-20(28)14-16-21)27(31)29(26(24)30)23-8-4-6-18-5-2-3-7-22(18)23/h2-16H,1H3. The number of amides is 2. The summed E-state index contributed by atoms with van der Waals surface area (Å²) in [7, 11) is 0. The number of thioether (sulfide) groups is 1. The molecule has 0 saturated heterocycles. The fraction of sp³-hybridized carbons (Fsp3) is 0.0370. The Labute approximate surface area is 195 Å². The number of aryl methyl sites for hydroxylation is 1. The Balaban J connectivity index is 1.66. The lowest BCUT2D eigenvalue weighted by Crippen LogP contribution is -2.31. The van der Waals surface area contributed by atoms with Crippen LogP contribution in [-0.4, -0.2) is 11.8 Å². The topological polar surface area (TPSA) is 37.4 Å². The van der Waals surface area contributed by atoms with Crippen molar-refractivity contribution in [3.63, 3.8) is 0 Å². The van der Waals surface area contributed by atoms with Crippen molar-refractivity contribution in [1.29, 1.82) is 0 Å². The first-order valence-electron chi connectivity index (χ1n) is 10.1. The lowest BCUT2D eigenvalue weighted by Gasteiger charge is -2.17. The van der Waals surface area contributed by atoms with Crippen LogP contribution in [0.4, 0.5) is 5.69 Å². The molecule has 5 heteroatoms. The summed E-state index contributed by atoms with van der Waals surface area (Å²) in [6.07, 6.45) is 0. The van der Waals surface area contributed by atoms with E-state index in [0.29, 0.717) is 21.2 Å². The maximum absolute atomic E-state index is 13.7. The first-order valence-corrected chi connectivity index (χ1v) is 11.3. The van der Waals surface area contributed by atoms with Gasteiger partial charge in [0, 0.05) is 15.3 Å². The molecule has 0 radical (unpaired) electrons. The maximum Gasteiger partial charge on any atom is 0.272 e. The van der Waals surface area contributed by atoms with E-state index in [1.165, 1.54) is 16.7 Å². The molecule has 0 fully saturated rings. The fourth-order valence-corrected chi connectivity index (χ4v) is 4.94. The van der Waals surface area contributed by atoms with Crippen molar-refractivity contribution in [2.24, 2.45) is 0 Å². The highest BCUT2D eigenvalue weighted by molar-refractivity contribution is 8.04. The zero-order valence-corrected chi connectivity index (χ0v) is 18.8. The van der Waals surface area contributed by atoms with Crippen molar-refractivity contribution < 1.29 is 9.59 Å². The summed E-state index contributed by atoms with van der Waals surface area (Å²) in [4.78, 5) is 30.0. The Morgan fingerprint density at radius 2 is 1.44 bits per heavy atom. The molecule has 1 heterocycles. The van der Waals surface area contributed by atoms with Gasteiger partial charge in [-0.15, -0.1) is 0 Å². The molecule has 0 aromatic heterocycles. The zero-order chi connectivity index (χ0) is 22.2. The van der Waals surface area contributed by atoms with Crippen molar-refractivity contribution in [2.75, 3.05) is 4.90 Å². The van der Waals surface area contributed by atoms with Gasteiger partial charge in [-0.2, -0.15) is 0 Å². The van der Waals surface area contributed by atoms with Gasteiger partial charge >= 0.3 is 0 Å². The number of hydrogen-bond acceptors (Lipinski definition) is 3. The molecule has 4 aromatic carbocycles. The zero-order valence-electron chi connectivity index (χ0n) is 17.2. The van der Waals surface area contributed by atoms with Crippen LogP contribution in [-0.2, 0) is 9.59 Å². The molecule has 1 aliphatic heterocycles. The third-order valence-electron chi connectivity index (χ3n) is 5.42. The van der Waals surface area contributed by atoms with Crippen molar-refractivity contribution in [3.8, 4) is 0 Å². The molecular formula is C27H18ClNO2S. The second-order valence-electron chi connectivity index (χ2n) is 7.57. The Hall–Kier alpha value is -3.34. The predicted molar refractivity (Wildman–Crippen MR) is 132 cm³/mol. The Kier molecular flexibility index (Phi) is 5.33. The van der Waals surface area contributed by atoms with Crippen LogP contribution in [0.3, 0.4) is 0 Å². The molecule has 0 saturated carbocycles. The van der Waals surface area contributed by atoms with E-state index < -0.39 is 0 Å². The van der Waals surface area contributed by atoms with Crippen LogP contribution in [0.1, 0.15) is 11.1 Å². The van der Waals surface area contributed by atoms with Gasteiger partial charge in [0.2, 0.25) is 0 Å². The van der Waals surface area contributed by atoms with Crippen molar-refractivity contribution in [1.82, 2.24) is 0 Å². The molecule has 156 valence electrons. The highest BCUT2D eigenvalue weighted by Crippen LogP contribution is 2.43. The van der Waals surface area contributed by atoms with E-state index in [2.05, 4.69) is 0 Å².